The zero-order valence-electron chi connectivity index (χ0n) is 15.1. The van der Waals surface area contributed by atoms with Crippen LogP contribution in [0.5, 0.6) is 0 Å². The van der Waals surface area contributed by atoms with Crippen molar-refractivity contribution >= 4 is 11.9 Å². The molecule has 0 fully saturated rings. The number of carbonyl (C=O) groups excluding carboxylic acids is 1. The van der Waals surface area contributed by atoms with E-state index in [2.05, 4.69) is 9.97 Å². The van der Waals surface area contributed by atoms with Crippen LogP contribution < -0.4 is 0 Å². The Hall–Kier alpha value is -2.76. The monoisotopic (exact) mass is 353 g/mol. The molecule has 1 aliphatic rings. The number of hydrogen-bond donors (Lipinski definition) is 1. The second kappa shape index (κ2) is 7.64. The first-order valence-corrected chi connectivity index (χ1v) is 8.80. The van der Waals surface area contributed by atoms with Crippen molar-refractivity contribution in [3.63, 3.8) is 0 Å². The highest BCUT2D eigenvalue weighted by atomic mass is 16.4. The van der Waals surface area contributed by atoms with E-state index in [1.807, 2.05) is 38.1 Å². The van der Waals surface area contributed by atoms with Crippen molar-refractivity contribution in [3.05, 3.63) is 58.7 Å². The van der Waals surface area contributed by atoms with Crippen LogP contribution in [0.1, 0.15) is 34.5 Å². The van der Waals surface area contributed by atoms with Crippen LogP contribution in [0.3, 0.4) is 0 Å². The Morgan fingerprint density at radius 2 is 2.00 bits per heavy atom. The molecule has 1 unspecified atom stereocenters. The van der Waals surface area contributed by atoms with Gasteiger partial charge in [-0.3, -0.25) is 9.59 Å². The van der Waals surface area contributed by atoms with Gasteiger partial charge in [-0.15, -0.1) is 0 Å². The molecule has 1 aromatic carbocycles. The fourth-order valence-corrected chi connectivity index (χ4v) is 3.53. The molecule has 1 heterocycles. The van der Waals surface area contributed by atoms with E-state index >= 15 is 0 Å². The summed E-state index contributed by atoms with van der Waals surface area (Å²) in [5, 5.41) is 9.27. The first-order chi connectivity index (χ1) is 12.5. The lowest BCUT2D eigenvalue weighted by atomic mass is 9.85. The molecule has 1 aliphatic carbocycles. The number of nitrogens with zero attached hydrogens (tertiary/aromatic N) is 3. The van der Waals surface area contributed by atoms with Crippen molar-refractivity contribution in [2.24, 2.45) is 5.92 Å². The third kappa shape index (κ3) is 3.90. The van der Waals surface area contributed by atoms with Crippen molar-refractivity contribution in [3.8, 4) is 0 Å². The van der Waals surface area contributed by atoms with Crippen LogP contribution in [-0.2, 0) is 29.0 Å². The number of carboxylic acids is 1. The van der Waals surface area contributed by atoms with Gasteiger partial charge in [-0.2, -0.15) is 0 Å². The number of rotatable bonds is 5. The summed E-state index contributed by atoms with van der Waals surface area (Å²) < 4.78 is 0. The van der Waals surface area contributed by atoms with Crippen LogP contribution in [0.15, 0.2) is 30.6 Å². The van der Waals surface area contributed by atoms with Crippen LogP contribution in [0.4, 0.5) is 0 Å². The number of amides is 1. The van der Waals surface area contributed by atoms with E-state index in [9.17, 15) is 14.7 Å². The quantitative estimate of drug-likeness (QED) is 0.892. The first-order valence-electron chi connectivity index (χ1n) is 8.80. The van der Waals surface area contributed by atoms with Gasteiger partial charge in [-0.1, -0.05) is 24.3 Å². The molecule has 0 radical (unpaired) electrons. The maximum atomic E-state index is 13.1. The number of aromatic nitrogens is 2. The smallest absolute Gasteiger partial charge is 0.323 e. The van der Waals surface area contributed by atoms with Gasteiger partial charge in [-0.25, -0.2) is 9.97 Å². The highest BCUT2D eigenvalue weighted by Crippen LogP contribution is 2.27. The standard InChI is InChI=1S/C20H23N3O3/c1-13-5-3-4-6-16(13)10-23(11-19(24)25)20(26)15-7-8-18-17(9-15)14(2)21-12-22-18/h3-6,12,15H,7-11H2,1-2H3,(H,24,25). The van der Waals surface area contributed by atoms with Crippen molar-refractivity contribution in [1.82, 2.24) is 14.9 Å². The number of fused-ring (bicyclic) bond motifs is 1. The van der Waals surface area contributed by atoms with Gasteiger partial charge in [-0.05, 0) is 49.8 Å². The van der Waals surface area contributed by atoms with E-state index < -0.39 is 5.97 Å². The lowest BCUT2D eigenvalue weighted by molar-refractivity contribution is -0.147. The second-order valence-corrected chi connectivity index (χ2v) is 6.84. The molecule has 1 amide bonds. The van der Waals surface area contributed by atoms with Gasteiger partial charge in [0.15, 0.2) is 0 Å². The summed E-state index contributed by atoms with van der Waals surface area (Å²) >= 11 is 0. The Kier molecular flexibility index (Phi) is 5.30. The molecule has 1 atom stereocenters. The van der Waals surface area contributed by atoms with Gasteiger partial charge in [0.25, 0.3) is 0 Å². The van der Waals surface area contributed by atoms with Crippen LogP contribution >= 0.6 is 0 Å². The SMILES string of the molecule is Cc1ccccc1CN(CC(=O)O)C(=O)C1CCc2ncnc(C)c2C1. The fourth-order valence-electron chi connectivity index (χ4n) is 3.53. The Labute approximate surface area is 152 Å². The fraction of sp³-hybridized carbons (Fsp3) is 0.400. The average Bonchev–Trinajstić information content (AvgIpc) is 2.62. The minimum absolute atomic E-state index is 0.107. The lowest BCUT2D eigenvalue weighted by Gasteiger charge is -2.30. The molecule has 136 valence electrons. The molecular weight excluding hydrogens is 330 g/mol. The average molecular weight is 353 g/mol. The summed E-state index contributed by atoms with van der Waals surface area (Å²) in [5.74, 6) is -1.33. The van der Waals surface area contributed by atoms with Crippen LogP contribution in [-0.4, -0.2) is 38.4 Å². The predicted octanol–water partition coefficient (Wildman–Crippen LogP) is 2.31. The number of hydrogen-bond acceptors (Lipinski definition) is 4. The van der Waals surface area contributed by atoms with E-state index in [1.165, 1.54) is 4.90 Å². The molecule has 3 rings (SSSR count). The van der Waals surface area contributed by atoms with E-state index in [-0.39, 0.29) is 18.4 Å². The normalized spacial score (nSPS) is 16.0. The molecule has 0 saturated heterocycles. The Morgan fingerprint density at radius 3 is 2.73 bits per heavy atom. The first kappa shape index (κ1) is 18.0. The Balaban J connectivity index is 1.81. The minimum Gasteiger partial charge on any atom is -0.480 e. The topological polar surface area (TPSA) is 83.4 Å². The molecule has 1 N–H and O–H groups in total. The van der Waals surface area contributed by atoms with Gasteiger partial charge in [0, 0.05) is 23.9 Å². The zero-order valence-corrected chi connectivity index (χ0v) is 15.1. The largest absolute Gasteiger partial charge is 0.480 e. The molecule has 0 spiro atoms. The maximum Gasteiger partial charge on any atom is 0.323 e. The van der Waals surface area contributed by atoms with Crippen LogP contribution in [0.2, 0.25) is 0 Å². The van der Waals surface area contributed by atoms with Gasteiger partial charge >= 0.3 is 5.97 Å². The summed E-state index contributed by atoms with van der Waals surface area (Å²) in [5.41, 5.74) is 4.96. The van der Waals surface area contributed by atoms with Crippen molar-refractivity contribution in [2.75, 3.05) is 6.54 Å². The molecule has 6 heteroatoms. The molecule has 6 nitrogen and oxygen atoms in total. The maximum absolute atomic E-state index is 13.1. The summed E-state index contributed by atoms with van der Waals surface area (Å²) in [7, 11) is 0. The van der Waals surface area contributed by atoms with E-state index in [1.54, 1.807) is 6.33 Å². The molecule has 2 aromatic rings. The zero-order chi connectivity index (χ0) is 18.7. The number of aryl methyl sites for hydroxylation is 3. The van der Waals surface area contributed by atoms with Crippen molar-refractivity contribution in [1.29, 1.82) is 0 Å². The predicted molar refractivity (Wildman–Crippen MR) is 96.5 cm³/mol. The van der Waals surface area contributed by atoms with E-state index in [0.717, 1.165) is 34.5 Å². The number of carbonyl (C=O) groups is 2. The third-order valence-electron chi connectivity index (χ3n) is 5.04. The number of aliphatic carboxylic acids is 1. The molecular formula is C20H23N3O3. The number of carboxylic acid groups (broad SMARTS) is 1. The molecule has 1 aromatic heterocycles. The van der Waals surface area contributed by atoms with Crippen LogP contribution in [0.25, 0.3) is 0 Å². The molecule has 0 aliphatic heterocycles. The lowest BCUT2D eigenvalue weighted by Crippen LogP contribution is -2.41. The Bertz CT molecular complexity index is 835. The van der Waals surface area contributed by atoms with Gasteiger partial charge in [0.1, 0.15) is 12.9 Å². The summed E-state index contributed by atoms with van der Waals surface area (Å²) in [6.45, 7) is 3.91. The van der Waals surface area contributed by atoms with Crippen molar-refractivity contribution < 1.29 is 14.7 Å². The molecule has 0 saturated carbocycles. The summed E-state index contributed by atoms with van der Waals surface area (Å²) in [4.78, 5) is 34.4. The van der Waals surface area contributed by atoms with Gasteiger partial charge in [0.2, 0.25) is 5.91 Å². The molecule has 0 bridgehead atoms. The van der Waals surface area contributed by atoms with Crippen molar-refractivity contribution in [2.45, 2.75) is 39.7 Å². The summed E-state index contributed by atoms with van der Waals surface area (Å²) in [6.07, 6.45) is 3.54. The van der Waals surface area contributed by atoms with Gasteiger partial charge in [0.05, 0.1) is 0 Å². The van der Waals surface area contributed by atoms with Crippen LogP contribution in [0, 0.1) is 19.8 Å². The molecule has 26 heavy (non-hydrogen) atoms. The highest BCUT2D eigenvalue weighted by molar-refractivity contribution is 5.83. The number of benzene rings is 1. The van der Waals surface area contributed by atoms with Gasteiger partial charge < -0.3 is 10.0 Å². The third-order valence-corrected chi connectivity index (χ3v) is 5.04. The second-order valence-electron chi connectivity index (χ2n) is 6.84. The summed E-state index contributed by atoms with van der Waals surface area (Å²) in [6, 6.07) is 7.74. The Morgan fingerprint density at radius 1 is 1.23 bits per heavy atom. The highest BCUT2D eigenvalue weighted by Gasteiger charge is 2.31. The van der Waals surface area contributed by atoms with E-state index in [0.29, 0.717) is 19.4 Å². The minimum atomic E-state index is -0.998. The van der Waals surface area contributed by atoms with E-state index in [4.69, 9.17) is 0 Å².